The maximum absolute atomic E-state index is 6.90. The van der Waals surface area contributed by atoms with Crippen LogP contribution in [-0.4, -0.2) is 4.57 Å². The van der Waals surface area contributed by atoms with Crippen molar-refractivity contribution in [2.75, 3.05) is 5.73 Å². The fourth-order valence-electron chi connectivity index (χ4n) is 5.19. The Morgan fingerprint density at radius 3 is 1.69 bits per heavy atom. The van der Waals surface area contributed by atoms with Gasteiger partial charge in [-0.15, -0.1) is 0 Å². The molecule has 0 bridgehead atoms. The number of hydrogen-bond acceptors (Lipinski definition) is 1. The molecule has 0 aliphatic carbocycles. The van der Waals surface area contributed by atoms with E-state index in [0.717, 1.165) is 33.6 Å². The predicted octanol–water partition coefficient (Wildman–Crippen LogP) is 9.00. The third-order valence-corrected chi connectivity index (χ3v) is 7.13. The van der Waals surface area contributed by atoms with Gasteiger partial charge in [-0.1, -0.05) is 99.6 Å². The normalized spacial score (nSPS) is 11.9. The van der Waals surface area contributed by atoms with Crippen molar-refractivity contribution in [2.45, 2.75) is 26.2 Å². The molecule has 1 aromatic heterocycles. The molecule has 2 N–H and O–H groups in total. The van der Waals surface area contributed by atoms with Crippen LogP contribution in [0, 0.1) is 0 Å². The molecule has 2 heteroatoms. The minimum absolute atomic E-state index is 0.00355. The van der Waals surface area contributed by atoms with Crippen LogP contribution in [0.2, 0.25) is 0 Å². The lowest BCUT2D eigenvalue weighted by Gasteiger charge is -2.23. The molecule has 0 spiro atoms. The second-order valence-corrected chi connectivity index (χ2v) is 10.5. The minimum atomic E-state index is -0.00355. The average Bonchev–Trinajstić information content (AvgIpc) is 3.23. The van der Waals surface area contributed by atoms with E-state index in [1.807, 2.05) is 6.07 Å². The molecule has 176 valence electrons. The molecule has 6 aromatic rings. The first-order valence-corrected chi connectivity index (χ1v) is 12.5. The zero-order chi connectivity index (χ0) is 24.9. The van der Waals surface area contributed by atoms with Crippen LogP contribution in [-0.2, 0) is 5.41 Å². The first-order valence-electron chi connectivity index (χ1n) is 12.5. The molecular weight excluding hydrogens is 436 g/mol. The van der Waals surface area contributed by atoms with Crippen LogP contribution >= 0.6 is 0 Å². The van der Waals surface area contributed by atoms with Crippen molar-refractivity contribution in [3.63, 3.8) is 0 Å². The largest absolute Gasteiger partial charge is 0.398 e. The van der Waals surface area contributed by atoms with Gasteiger partial charge in [0, 0.05) is 33.3 Å². The number of nitrogens with zero attached hydrogens (tertiary/aromatic N) is 1. The van der Waals surface area contributed by atoms with Crippen molar-refractivity contribution in [2.24, 2.45) is 0 Å². The van der Waals surface area contributed by atoms with Crippen LogP contribution in [0.1, 0.15) is 26.3 Å². The summed E-state index contributed by atoms with van der Waals surface area (Å²) in [5, 5.41) is 2.53. The van der Waals surface area contributed by atoms with Gasteiger partial charge in [0.15, 0.2) is 0 Å². The molecule has 0 radical (unpaired) electrons. The molecule has 5 aromatic carbocycles. The molecular formula is C34H30N2. The molecule has 0 atom stereocenters. The SMILES string of the molecule is CC(C)(C)c1cc(-c2ccccc2)c(N)c(-c2cccc(-n3c4ccccc4c4ccccc43)c2)c1. The van der Waals surface area contributed by atoms with Crippen molar-refractivity contribution >= 4 is 27.5 Å². The standard InChI is InChI=1S/C34H30N2/c1-34(2,3)25-21-29(23-12-5-4-6-13-23)33(35)30(22-25)24-14-11-15-26(20-24)36-31-18-9-7-16-27(31)28-17-8-10-19-32(28)36/h4-22H,35H2,1-3H3. The van der Waals surface area contributed by atoms with E-state index >= 15 is 0 Å². The van der Waals surface area contributed by atoms with Crippen molar-refractivity contribution in [3.05, 3.63) is 121 Å². The van der Waals surface area contributed by atoms with E-state index in [0.29, 0.717) is 0 Å². The number of nitrogen functional groups attached to an aromatic ring is 1. The van der Waals surface area contributed by atoms with Gasteiger partial charge in [0.2, 0.25) is 0 Å². The van der Waals surface area contributed by atoms with E-state index in [1.54, 1.807) is 0 Å². The van der Waals surface area contributed by atoms with Crippen LogP contribution in [0.3, 0.4) is 0 Å². The van der Waals surface area contributed by atoms with Crippen molar-refractivity contribution in [3.8, 4) is 27.9 Å². The molecule has 1 heterocycles. The predicted molar refractivity (Wildman–Crippen MR) is 155 cm³/mol. The van der Waals surface area contributed by atoms with Gasteiger partial charge in [-0.2, -0.15) is 0 Å². The van der Waals surface area contributed by atoms with Gasteiger partial charge in [0.05, 0.1) is 11.0 Å². The molecule has 0 fully saturated rings. The van der Waals surface area contributed by atoms with Crippen molar-refractivity contribution in [1.82, 2.24) is 4.57 Å². The summed E-state index contributed by atoms with van der Waals surface area (Å²) < 4.78 is 2.36. The number of anilines is 1. The lowest BCUT2D eigenvalue weighted by atomic mass is 9.82. The van der Waals surface area contributed by atoms with Gasteiger partial charge in [0.25, 0.3) is 0 Å². The topological polar surface area (TPSA) is 30.9 Å². The number of benzene rings is 5. The van der Waals surface area contributed by atoms with Gasteiger partial charge < -0.3 is 10.3 Å². The maximum atomic E-state index is 6.90. The lowest BCUT2D eigenvalue weighted by Crippen LogP contribution is -2.12. The minimum Gasteiger partial charge on any atom is -0.398 e. The van der Waals surface area contributed by atoms with E-state index < -0.39 is 0 Å². The Labute approximate surface area is 212 Å². The number of aromatic nitrogens is 1. The van der Waals surface area contributed by atoms with Crippen LogP contribution in [0.4, 0.5) is 5.69 Å². The molecule has 0 amide bonds. The second kappa shape index (κ2) is 8.42. The first kappa shape index (κ1) is 22.2. The summed E-state index contributed by atoms with van der Waals surface area (Å²) in [5.74, 6) is 0. The molecule has 0 unspecified atom stereocenters. The lowest BCUT2D eigenvalue weighted by molar-refractivity contribution is 0.591. The summed E-state index contributed by atoms with van der Waals surface area (Å²) in [6.45, 7) is 6.77. The molecule has 0 saturated carbocycles. The Morgan fingerprint density at radius 2 is 1.08 bits per heavy atom. The molecule has 6 rings (SSSR count). The fourth-order valence-corrected chi connectivity index (χ4v) is 5.19. The van der Waals surface area contributed by atoms with Crippen molar-refractivity contribution < 1.29 is 0 Å². The summed E-state index contributed by atoms with van der Waals surface area (Å²) >= 11 is 0. The molecule has 0 saturated heterocycles. The third-order valence-electron chi connectivity index (χ3n) is 7.13. The number of hydrogen-bond donors (Lipinski definition) is 1. The first-order chi connectivity index (χ1) is 17.4. The summed E-state index contributed by atoms with van der Waals surface area (Å²) in [7, 11) is 0. The number of fused-ring (bicyclic) bond motifs is 3. The van der Waals surface area contributed by atoms with Gasteiger partial charge >= 0.3 is 0 Å². The Morgan fingerprint density at radius 1 is 0.556 bits per heavy atom. The van der Waals surface area contributed by atoms with Gasteiger partial charge in [0.1, 0.15) is 0 Å². The highest BCUT2D eigenvalue weighted by atomic mass is 15.0. The van der Waals surface area contributed by atoms with Gasteiger partial charge in [-0.05, 0) is 58.5 Å². The summed E-state index contributed by atoms with van der Waals surface area (Å²) in [6, 6.07) is 41.0. The van der Waals surface area contributed by atoms with Gasteiger partial charge in [-0.3, -0.25) is 0 Å². The van der Waals surface area contributed by atoms with E-state index in [4.69, 9.17) is 5.73 Å². The average molecular weight is 467 g/mol. The van der Waals surface area contributed by atoms with Crippen molar-refractivity contribution in [1.29, 1.82) is 0 Å². The van der Waals surface area contributed by atoms with E-state index in [2.05, 4.69) is 135 Å². The quantitative estimate of drug-likeness (QED) is 0.259. The molecule has 0 aliphatic rings. The van der Waals surface area contributed by atoms with Gasteiger partial charge in [-0.25, -0.2) is 0 Å². The summed E-state index contributed by atoms with van der Waals surface area (Å²) in [4.78, 5) is 0. The zero-order valence-electron chi connectivity index (χ0n) is 21.0. The van der Waals surface area contributed by atoms with Crippen LogP contribution < -0.4 is 5.73 Å². The highest BCUT2D eigenvalue weighted by molar-refractivity contribution is 6.09. The summed E-state index contributed by atoms with van der Waals surface area (Å²) in [5.41, 5.74) is 16.9. The Hall–Kier alpha value is -4.30. The highest BCUT2D eigenvalue weighted by Crippen LogP contribution is 2.40. The van der Waals surface area contributed by atoms with E-state index in [9.17, 15) is 0 Å². The zero-order valence-corrected chi connectivity index (χ0v) is 21.0. The van der Waals surface area contributed by atoms with E-state index in [1.165, 1.54) is 27.4 Å². The monoisotopic (exact) mass is 466 g/mol. The Kier molecular flexibility index (Phi) is 5.19. The highest BCUT2D eigenvalue weighted by Gasteiger charge is 2.20. The summed E-state index contributed by atoms with van der Waals surface area (Å²) in [6.07, 6.45) is 0. The number of nitrogens with two attached hydrogens (primary N) is 1. The number of para-hydroxylation sites is 2. The molecule has 0 aliphatic heterocycles. The fraction of sp³-hybridized carbons (Fsp3) is 0.118. The second-order valence-electron chi connectivity index (χ2n) is 10.5. The third kappa shape index (κ3) is 3.67. The Balaban J connectivity index is 1.60. The molecule has 36 heavy (non-hydrogen) atoms. The van der Waals surface area contributed by atoms with E-state index in [-0.39, 0.29) is 5.41 Å². The van der Waals surface area contributed by atoms with Crippen LogP contribution in [0.15, 0.2) is 115 Å². The molecule has 2 nitrogen and oxygen atoms in total. The number of rotatable bonds is 3. The van der Waals surface area contributed by atoms with Crippen LogP contribution in [0.5, 0.6) is 0 Å². The van der Waals surface area contributed by atoms with Crippen LogP contribution in [0.25, 0.3) is 49.7 Å². The smallest absolute Gasteiger partial charge is 0.0541 e. The maximum Gasteiger partial charge on any atom is 0.0541 e. The Bertz CT molecular complexity index is 1660.